The van der Waals surface area contributed by atoms with Crippen LogP contribution in [-0.2, 0) is 0 Å². The molecule has 0 saturated heterocycles. The van der Waals surface area contributed by atoms with E-state index >= 15 is 0 Å². The van der Waals surface area contributed by atoms with Crippen LogP contribution < -0.4 is 20.1 Å². The van der Waals surface area contributed by atoms with Crippen molar-refractivity contribution in [2.45, 2.75) is 26.3 Å². The van der Waals surface area contributed by atoms with Crippen LogP contribution >= 0.6 is 0 Å². The molecule has 0 saturated carbocycles. The molecule has 0 spiro atoms. The molecular weight excluding hydrogens is 306 g/mol. The molecule has 1 unspecified atom stereocenters. The second-order valence-corrected chi connectivity index (χ2v) is 5.41. The van der Waals surface area contributed by atoms with Gasteiger partial charge in [-0.1, -0.05) is 6.92 Å². The highest BCUT2D eigenvalue weighted by atomic mass is 16.5. The number of nitrogens with one attached hydrogen (secondary N) is 2. The molecule has 0 bridgehead atoms. The lowest BCUT2D eigenvalue weighted by atomic mass is 10.2. The maximum absolute atomic E-state index is 12.1. The first kappa shape index (κ1) is 17.6. The van der Waals surface area contributed by atoms with Gasteiger partial charge in [0.1, 0.15) is 17.3 Å². The van der Waals surface area contributed by atoms with Gasteiger partial charge in [-0.3, -0.25) is 4.79 Å². The van der Waals surface area contributed by atoms with E-state index in [1.807, 2.05) is 32.0 Å². The summed E-state index contributed by atoms with van der Waals surface area (Å²) < 4.78 is 10.5. The molecule has 6 heteroatoms. The van der Waals surface area contributed by atoms with Crippen LogP contribution in [0.15, 0.2) is 36.5 Å². The molecule has 6 nitrogen and oxygen atoms in total. The number of nitrogens with zero attached hydrogens (tertiary/aromatic N) is 1. The van der Waals surface area contributed by atoms with E-state index in [4.69, 9.17) is 9.47 Å². The average Bonchev–Trinajstić information content (AvgIpc) is 2.62. The van der Waals surface area contributed by atoms with E-state index in [2.05, 4.69) is 15.6 Å². The summed E-state index contributed by atoms with van der Waals surface area (Å²) in [5.41, 5.74) is 1.26. The van der Waals surface area contributed by atoms with Gasteiger partial charge in [-0.05, 0) is 37.6 Å². The van der Waals surface area contributed by atoms with Gasteiger partial charge in [0, 0.05) is 18.3 Å². The Bertz CT molecular complexity index is 686. The molecule has 2 aromatic rings. The number of rotatable bonds is 7. The Morgan fingerprint density at radius 1 is 1.21 bits per heavy atom. The number of anilines is 2. The maximum atomic E-state index is 12.1. The summed E-state index contributed by atoms with van der Waals surface area (Å²) in [5.74, 6) is 1.88. The van der Waals surface area contributed by atoms with Gasteiger partial charge in [0.25, 0.3) is 5.91 Å². The fourth-order valence-electron chi connectivity index (χ4n) is 2.06. The van der Waals surface area contributed by atoms with Crippen molar-refractivity contribution in [2.75, 3.05) is 19.5 Å². The molecule has 1 aromatic heterocycles. The van der Waals surface area contributed by atoms with E-state index < -0.39 is 0 Å². The van der Waals surface area contributed by atoms with E-state index in [-0.39, 0.29) is 11.9 Å². The maximum Gasteiger partial charge on any atom is 0.253 e. The molecule has 1 atom stereocenters. The van der Waals surface area contributed by atoms with Crippen molar-refractivity contribution in [2.24, 2.45) is 0 Å². The van der Waals surface area contributed by atoms with Crippen LogP contribution in [0.4, 0.5) is 11.5 Å². The van der Waals surface area contributed by atoms with E-state index in [1.54, 1.807) is 32.5 Å². The summed E-state index contributed by atoms with van der Waals surface area (Å²) in [4.78, 5) is 16.4. The Hall–Kier alpha value is -2.76. The van der Waals surface area contributed by atoms with Crippen LogP contribution in [0.1, 0.15) is 30.6 Å². The van der Waals surface area contributed by atoms with Crippen LogP contribution in [0.3, 0.4) is 0 Å². The highest BCUT2D eigenvalue weighted by Gasteiger charge is 2.10. The van der Waals surface area contributed by atoms with Crippen molar-refractivity contribution >= 4 is 17.4 Å². The van der Waals surface area contributed by atoms with Crippen LogP contribution in [0.2, 0.25) is 0 Å². The second kappa shape index (κ2) is 8.19. The molecule has 24 heavy (non-hydrogen) atoms. The summed E-state index contributed by atoms with van der Waals surface area (Å²) >= 11 is 0. The van der Waals surface area contributed by atoms with Crippen molar-refractivity contribution in [3.63, 3.8) is 0 Å². The largest absolute Gasteiger partial charge is 0.497 e. The average molecular weight is 329 g/mol. The summed E-state index contributed by atoms with van der Waals surface area (Å²) in [5, 5.41) is 6.08. The van der Waals surface area contributed by atoms with Crippen LogP contribution in [-0.4, -0.2) is 31.2 Å². The number of carbonyl (C=O) groups excluding carboxylic acids is 1. The van der Waals surface area contributed by atoms with Gasteiger partial charge in [0.15, 0.2) is 0 Å². The molecule has 0 aliphatic carbocycles. The smallest absolute Gasteiger partial charge is 0.253 e. The molecule has 1 amide bonds. The Kier molecular flexibility index (Phi) is 6.01. The number of methoxy groups -OCH3 is 2. The minimum atomic E-state index is -0.123. The molecule has 0 radical (unpaired) electrons. The monoisotopic (exact) mass is 329 g/mol. The first-order valence-electron chi connectivity index (χ1n) is 7.83. The zero-order chi connectivity index (χ0) is 17.5. The van der Waals surface area contributed by atoms with Crippen molar-refractivity contribution in [3.8, 4) is 11.5 Å². The fraction of sp³-hybridized carbons (Fsp3) is 0.333. The summed E-state index contributed by atoms with van der Waals surface area (Å²) in [7, 11) is 3.21. The van der Waals surface area contributed by atoms with Crippen LogP contribution in [0, 0.1) is 0 Å². The van der Waals surface area contributed by atoms with E-state index in [0.717, 1.165) is 12.1 Å². The van der Waals surface area contributed by atoms with Gasteiger partial charge < -0.3 is 20.1 Å². The van der Waals surface area contributed by atoms with Gasteiger partial charge in [-0.25, -0.2) is 4.98 Å². The summed E-state index contributed by atoms with van der Waals surface area (Å²) in [6.45, 7) is 3.99. The predicted octanol–water partition coefficient (Wildman–Crippen LogP) is 3.37. The molecule has 1 aromatic carbocycles. The minimum Gasteiger partial charge on any atom is -0.497 e. The minimum absolute atomic E-state index is 0.123. The van der Waals surface area contributed by atoms with Crippen molar-refractivity contribution in [1.82, 2.24) is 10.3 Å². The van der Waals surface area contributed by atoms with Crippen molar-refractivity contribution < 1.29 is 14.3 Å². The molecule has 0 aliphatic rings. The molecule has 2 rings (SSSR count). The van der Waals surface area contributed by atoms with E-state index in [0.29, 0.717) is 22.9 Å². The number of hydrogen-bond donors (Lipinski definition) is 2. The second-order valence-electron chi connectivity index (χ2n) is 5.41. The lowest BCUT2D eigenvalue weighted by molar-refractivity contribution is 0.0939. The number of pyridine rings is 1. The predicted molar refractivity (Wildman–Crippen MR) is 94.3 cm³/mol. The topological polar surface area (TPSA) is 72.5 Å². The third kappa shape index (κ3) is 4.38. The third-order valence-electron chi connectivity index (χ3n) is 3.68. The van der Waals surface area contributed by atoms with E-state index in [9.17, 15) is 4.79 Å². The highest BCUT2D eigenvalue weighted by molar-refractivity contribution is 5.94. The standard InChI is InChI=1S/C18H23N3O3/c1-5-12(2)20-18(22)13-6-9-17(19-11-13)21-15-10-14(23-3)7-8-16(15)24-4/h6-12H,5H2,1-4H3,(H,19,21)(H,20,22). The number of amides is 1. The van der Waals surface area contributed by atoms with Gasteiger partial charge in [0.2, 0.25) is 0 Å². The Morgan fingerprint density at radius 3 is 2.58 bits per heavy atom. The van der Waals surface area contributed by atoms with Crippen LogP contribution in [0.25, 0.3) is 0 Å². The zero-order valence-electron chi connectivity index (χ0n) is 14.4. The number of ether oxygens (including phenoxy) is 2. The van der Waals surface area contributed by atoms with Gasteiger partial charge >= 0.3 is 0 Å². The van der Waals surface area contributed by atoms with Crippen molar-refractivity contribution in [3.05, 3.63) is 42.1 Å². The summed E-state index contributed by atoms with van der Waals surface area (Å²) in [6, 6.07) is 9.08. The van der Waals surface area contributed by atoms with Crippen LogP contribution in [0.5, 0.6) is 11.5 Å². The number of benzene rings is 1. The fourth-order valence-corrected chi connectivity index (χ4v) is 2.06. The molecule has 0 aliphatic heterocycles. The number of carbonyl (C=O) groups is 1. The molecule has 0 fully saturated rings. The van der Waals surface area contributed by atoms with Gasteiger partial charge in [-0.15, -0.1) is 0 Å². The number of hydrogen-bond acceptors (Lipinski definition) is 5. The lowest BCUT2D eigenvalue weighted by Crippen LogP contribution is -2.31. The zero-order valence-corrected chi connectivity index (χ0v) is 14.4. The third-order valence-corrected chi connectivity index (χ3v) is 3.68. The van der Waals surface area contributed by atoms with Crippen molar-refractivity contribution in [1.29, 1.82) is 0 Å². The highest BCUT2D eigenvalue weighted by Crippen LogP contribution is 2.30. The van der Waals surface area contributed by atoms with Gasteiger partial charge in [-0.2, -0.15) is 0 Å². The molecular formula is C18H23N3O3. The van der Waals surface area contributed by atoms with E-state index in [1.165, 1.54) is 0 Å². The first-order chi connectivity index (χ1) is 11.6. The Morgan fingerprint density at radius 2 is 2.00 bits per heavy atom. The lowest BCUT2D eigenvalue weighted by Gasteiger charge is -2.13. The quantitative estimate of drug-likeness (QED) is 0.815. The molecule has 1 heterocycles. The normalized spacial score (nSPS) is 11.5. The Labute approximate surface area is 142 Å². The molecule has 2 N–H and O–H groups in total. The molecule has 128 valence electrons. The SMILES string of the molecule is CCC(C)NC(=O)c1ccc(Nc2cc(OC)ccc2OC)nc1. The Balaban J connectivity index is 2.13. The first-order valence-corrected chi connectivity index (χ1v) is 7.83. The number of aromatic nitrogens is 1. The summed E-state index contributed by atoms with van der Waals surface area (Å²) in [6.07, 6.45) is 2.43. The van der Waals surface area contributed by atoms with Gasteiger partial charge in [0.05, 0.1) is 25.5 Å².